The van der Waals surface area contributed by atoms with Crippen molar-refractivity contribution < 1.29 is 4.74 Å². The second-order valence-corrected chi connectivity index (χ2v) is 5.56. The molecule has 0 spiro atoms. The molecule has 0 radical (unpaired) electrons. The molecular weight excluding hydrogens is 236 g/mol. The summed E-state index contributed by atoms with van der Waals surface area (Å²) in [6.07, 6.45) is 3.43. The van der Waals surface area contributed by atoms with Gasteiger partial charge in [0.15, 0.2) is 0 Å². The second-order valence-electron chi connectivity index (χ2n) is 5.56. The molecule has 1 aliphatic rings. The van der Waals surface area contributed by atoms with E-state index in [1.165, 1.54) is 11.1 Å². The minimum absolute atomic E-state index is 0.350. The number of nitrogens with one attached hydrogen (secondary N) is 1. The predicted molar refractivity (Wildman–Crippen MR) is 79.8 cm³/mol. The fourth-order valence-corrected chi connectivity index (χ4v) is 2.65. The topological polar surface area (TPSA) is 24.5 Å². The summed E-state index contributed by atoms with van der Waals surface area (Å²) in [5.74, 6) is 1.13. The number of ether oxygens (including phenoxy) is 1. The van der Waals surface area contributed by atoms with Crippen LogP contribution in [-0.2, 0) is 6.42 Å². The molecule has 1 heterocycles. The highest BCUT2D eigenvalue weighted by atomic mass is 16.5. The highest BCUT2D eigenvalue weighted by Crippen LogP contribution is 2.33. The van der Waals surface area contributed by atoms with E-state index in [1.54, 1.807) is 0 Å². The molecule has 19 heavy (non-hydrogen) atoms. The molecule has 1 aromatic carbocycles. The van der Waals surface area contributed by atoms with Crippen molar-refractivity contribution >= 4 is 0 Å². The van der Waals surface area contributed by atoms with E-state index in [2.05, 4.69) is 49.4 Å². The summed E-state index contributed by atoms with van der Waals surface area (Å²) in [5.41, 5.74) is 2.69. The molecule has 0 fully saturated rings. The lowest BCUT2D eigenvalue weighted by Gasteiger charge is -2.27. The molecule has 106 valence electrons. The summed E-state index contributed by atoms with van der Waals surface area (Å²) < 4.78 is 5.94. The molecule has 1 atom stereocenters. The van der Waals surface area contributed by atoms with Crippen molar-refractivity contribution in [2.45, 2.75) is 32.2 Å². The van der Waals surface area contributed by atoms with Crippen molar-refractivity contribution in [2.75, 3.05) is 33.8 Å². The third-order valence-corrected chi connectivity index (χ3v) is 3.53. The first-order chi connectivity index (χ1) is 9.22. The van der Waals surface area contributed by atoms with Crippen LogP contribution in [0.25, 0.3) is 0 Å². The standard InChI is InChI=1S/C16H26N2O/c1-4-10-17-15(12-18(2)3)14-9-5-7-13-8-6-11-19-16(13)14/h5,7,9,15,17H,4,6,8,10-12H2,1-3H3. The van der Waals surface area contributed by atoms with E-state index in [-0.39, 0.29) is 0 Å². The molecule has 1 unspecified atom stereocenters. The average Bonchev–Trinajstić information content (AvgIpc) is 2.42. The van der Waals surface area contributed by atoms with Crippen LogP contribution in [0.15, 0.2) is 18.2 Å². The van der Waals surface area contributed by atoms with Gasteiger partial charge in [-0.2, -0.15) is 0 Å². The maximum absolute atomic E-state index is 5.94. The van der Waals surface area contributed by atoms with Crippen molar-refractivity contribution in [3.63, 3.8) is 0 Å². The van der Waals surface area contributed by atoms with Gasteiger partial charge in [0.05, 0.1) is 6.61 Å². The third kappa shape index (κ3) is 3.71. The fourth-order valence-electron chi connectivity index (χ4n) is 2.65. The number of aryl methyl sites for hydroxylation is 1. The normalized spacial score (nSPS) is 16.0. The summed E-state index contributed by atoms with van der Waals surface area (Å²) in [5, 5.41) is 3.65. The predicted octanol–water partition coefficient (Wildman–Crippen LogP) is 2.61. The van der Waals surface area contributed by atoms with Crippen molar-refractivity contribution in [3.05, 3.63) is 29.3 Å². The van der Waals surface area contributed by atoms with Crippen molar-refractivity contribution in [1.82, 2.24) is 10.2 Å². The van der Waals surface area contributed by atoms with Crippen molar-refractivity contribution in [2.24, 2.45) is 0 Å². The van der Waals surface area contributed by atoms with Gasteiger partial charge in [0, 0.05) is 18.2 Å². The zero-order valence-corrected chi connectivity index (χ0v) is 12.4. The molecule has 0 saturated carbocycles. The van der Waals surface area contributed by atoms with Gasteiger partial charge in [-0.1, -0.05) is 25.1 Å². The first-order valence-electron chi connectivity index (χ1n) is 7.35. The molecular formula is C16H26N2O. The van der Waals surface area contributed by atoms with E-state index in [1.807, 2.05) is 0 Å². The van der Waals surface area contributed by atoms with Crippen molar-refractivity contribution in [3.8, 4) is 5.75 Å². The lowest BCUT2D eigenvalue weighted by atomic mass is 9.97. The number of fused-ring (bicyclic) bond motifs is 1. The van der Waals surface area contributed by atoms with Crippen LogP contribution in [0.4, 0.5) is 0 Å². The Labute approximate surface area is 116 Å². The Morgan fingerprint density at radius 3 is 2.95 bits per heavy atom. The highest BCUT2D eigenvalue weighted by Gasteiger charge is 2.20. The van der Waals surface area contributed by atoms with Gasteiger partial charge in [0.25, 0.3) is 0 Å². The number of benzene rings is 1. The Bertz CT molecular complexity index is 404. The van der Waals surface area contributed by atoms with E-state index < -0.39 is 0 Å². The molecule has 3 nitrogen and oxygen atoms in total. The quantitative estimate of drug-likeness (QED) is 0.853. The average molecular weight is 262 g/mol. The van der Waals surface area contributed by atoms with Crippen LogP contribution < -0.4 is 10.1 Å². The number of hydrogen-bond acceptors (Lipinski definition) is 3. The minimum Gasteiger partial charge on any atom is -0.493 e. The van der Waals surface area contributed by atoms with Crippen LogP contribution in [0.5, 0.6) is 5.75 Å². The first-order valence-corrected chi connectivity index (χ1v) is 7.35. The zero-order valence-electron chi connectivity index (χ0n) is 12.4. The Balaban J connectivity index is 2.24. The van der Waals surface area contributed by atoms with E-state index >= 15 is 0 Å². The summed E-state index contributed by atoms with van der Waals surface area (Å²) in [4.78, 5) is 2.23. The Hall–Kier alpha value is -1.06. The van der Waals surface area contributed by atoms with Crippen LogP contribution in [0.1, 0.15) is 36.9 Å². The first kappa shape index (κ1) is 14.4. The van der Waals surface area contributed by atoms with Crippen molar-refractivity contribution in [1.29, 1.82) is 0 Å². The largest absolute Gasteiger partial charge is 0.493 e. The Morgan fingerprint density at radius 2 is 2.21 bits per heavy atom. The lowest BCUT2D eigenvalue weighted by molar-refractivity contribution is 0.275. The fraction of sp³-hybridized carbons (Fsp3) is 0.625. The Kier molecular flexibility index (Phi) is 5.23. The van der Waals surface area contributed by atoms with Crippen LogP contribution in [-0.4, -0.2) is 38.7 Å². The molecule has 0 aromatic heterocycles. The van der Waals surface area contributed by atoms with Crippen LogP contribution in [0.2, 0.25) is 0 Å². The zero-order chi connectivity index (χ0) is 13.7. The molecule has 0 saturated heterocycles. The number of para-hydroxylation sites is 1. The molecule has 1 aliphatic heterocycles. The van der Waals surface area contributed by atoms with E-state index in [4.69, 9.17) is 4.74 Å². The minimum atomic E-state index is 0.350. The molecule has 1 N–H and O–H groups in total. The number of nitrogens with zero attached hydrogens (tertiary/aromatic N) is 1. The molecule has 0 bridgehead atoms. The van der Waals surface area contributed by atoms with Gasteiger partial charge in [-0.15, -0.1) is 0 Å². The molecule has 2 rings (SSSR count). The smallest absolute Gasteiger partial charge is 0.127 e. The lowest BCUT2D eigenvalue weighted by Crippen LogP contribution is -2.32. The van der Waals surface area contributed by atoms with E-state index in [0.717, 1.165) is 44.7 Å². The SMILES string of the molecule is CCCNC(CN(C)C)c1cccc2c1OCCC2. The van der Waals surface area contributed by atoms with E-state index in [9.17, 15) is 0 Å². The van der Waals surface area contributed by atoms with Crippen LogP contribution >= 0.6 is 0 Å². The highest BCUT2D eigenvalue weighted by molar-refractivity contribution is 5.44. The number of hydrogen-bond donors (Lipinski definition) is 1. The van der Waals surface area contributed by atoms with Gasteiger partial charge in [-0.25, -0.2) is 0 Å². The summed E-state index contributed by atoms with van der Waals surface area (Å²) in [7, 11) is 4.24. The summed E-state index contributed by atoms with van der Waals surface area (Å²) in [6, 6.07) is 6.92. The van der Waals surface area contributed by atoms with Gasteiger partial charge in [0.2, 0.25) is 0 Å². The molecule has 0 amide bonds. The summed E-state index contributed by atoms with van der Waals surface area (Å²) >= 11 is 0. The van der Waals surface area contributed by atoms with Gasteiger partial charge in [0.1, 0.15) is 5.75 Å². The second kappa shape index (κ2) is 6.92. The van der Waals surface area contributed by atoms with Crippen LogP contribution in [0, 0.1) is 0 Å². The number of likely N-dealkylation sites (N-methyl/N-ethyl adjacent to an activating group) is 1. The monoisotopic (exact) mass is 262 g/mol. The van der Waals surface area contributed by atoms with Gasteiger partial charge in [-0.05, 0) is 45.5 Å². The molecule has 0 aliphatic carbocycles. The van der Waals surface area contributed by atoms with Gasteiger partial charge < -0.3 is 15.0 Å². The van der Waals surface area contributed by atoms with E-state index in [0.29, 0.717) is 6.04 Å². The van der Waals surface area contributed by atoms with Gasteiger partial charge in [-0.3, -0.25) is 0 Å². The van der Waals surface area contributed by atoms with Gasteiger partial charge >= 0.3 is 0 Å². The number of rotatable bonds is 6. The summed E-state index contributed by atoms with van der Waals surface area (Å²) in [6.45, 7) is 5.10. The van der Waals surface area contributed by atoms with Crippen LogP contribution in [0.3, 0.4) is 0 Å². The Morgan fingerprint density at radius 1 is 1.37 bits per heavy atom. The maximum Gasteiger partial charge on any atom is 0.127 e. The molecule has 3 heteroatoms. The molecule has 1 aromatic rings. The third-order valence-electron chi connectivity index (χ3n) is 3.53. The maximum atomic E-state index is 5.94.